The maximum absolute atomic E-state index is 5.04. The lowest BCUT2D eigenvalue weighted by Crippen LogP contribution is -2.32. The fourth-order valence-electron chi connectivity index (χ4n) is 6.83. The van der Waals surface area contributed by atoms with E-state index < -0.39 is 5.41 Å². The summed E-state index contributed by atoms with van der Waals surface area (Å²) in [5.74, 6) is 1.80. The van der Waals surface area contributed by atoms with Gasteiger partial charge in [0.15, 0.2) is 17.5 Å². The van der Waals surface area contributed by atoms with Crippen molar-refractivity contribution in [2.45, 2.75) is 15.2 Å². The van der Waals surface area contributed by atoms with Gasteiger partial charge in [-0.15, -0.1) is 0 Å². The van der Waals surface area contributed by atoms with Crippen LogP contribution in [-0.2, 0) is 5.41 Å². The molecule has 0 saturated carbocycles. The summed E-state index contributed by atoms with van der Waals surface area (Å²) < 4.78 is 0. The first-order chi connectivity index (χ1) is 21.8. The molecule has 9 rings (SSSR count). The third-order valence-electron chi connectivity index (χ3n) is 8.67. The molecule has 0 atom stereocenters. The van der Waals surface area contributed by atoms with E-state index in [-0.39, 0.29) is 0 Å². The minimum absolute atomic E-state index is 0.459. The quantitative estimate of drug-likeness (QED) is 0.209. The zero-order chi connectivity index (χ0) is 29.1. The van der Waals surface area contributed by atoms with Gasteiger partial charge in [-0.3, -0.25) is 4.98 Å². The fourth-order valence-corrected chi connectivity index (χ4v) is 8.00. The third-order valence-corrected chi connectivity index (χ3v) is 9.82. The van der Waals surface area contributed by atoms with Crippen molar-refractivity contribution in [1.29, 1.82) is 0 Å². The number of rotatable bonds is 3. The molecule has 3 heterocycles. The van der Waals surface area contributed by atoms with Gasteiger partial charge in [0, 0.05) is 27.1 Å². The van der Waals surface area contributed by atoms with E-state index in [0.717, 1.165) is 11.1 Å². The van der Waals surface area contributed by atoms with E-state index in [1.54, 1.807) is 6.20 Å². The van der Waals surface area contributed by atoms with E-state index in [9.17, 15) is 0 Å². The number of benzene rings is 5. The molecule has 1 spiro atoms. The first-order valence-electron chi connectivity index (χ1n) is 14.7. The average Bonchev–Trinajstić information content (AvgIpc) is 3.40. The first kappa shape index (κ1) is 25.1. The van der Waals surface area contributed by atoms with E-state index in [0.29, 0.717) is 23.2 Å². The summed E-state index contributed by atoms with van der Waals surface area (Å²) in [6.45, 7) is 0. The molecule has 0 unspecified atom stereocenters. The summed E-state index contributed by atoms with van der Waals surface area (Å²) in [5, 5.41) is 0. The minimum atomic E-state index is -0.459. The summed E-state index contributed by atoms with van der Waals surface area (Å²) in [7, 11) is 0. The topological polar surface area (TPSA) is 51.6 Å². The van der Waals surface area contributed by atoms with Gasteiger partial charge in [-0.2, -0.15) is 0 Å². The van der Waals surface area contributed by atoms with Crippen LogP contribution in [0.1, 0.15) is 22.3 Å². The predicted molar refractivity (Wildman–Crippen MR) is 175 cm³/mol. The van der Waals surface area contributed by atoms with Crippen LogP contribution >= 0.6 is 11.8 Å². The molecule has 1 aliphatic heterocycles. The number of hydrogen-bond acceptors (Lipinski definition) is 5. The van der Waals surface area contributed by atoms with Gasteiger partial charge in [-0.25, -0.2) is 15.0 Å². The van der Waals surface area contributed by atoms with Crippen LogP contribution in [0.4, 0.5) is 0 Å². The van der Waals surface area contributed by atoms with Crippen LogP contribution in [0.2, 0.25) is 0 Å². The standard InChI is InChI=1S/C39H24N4S/c1-2-12-25(13-3-1)36-41-37(43-38(42-36)33-19-10-11-23-40-33)26-21-22-35-32(24-26)39(31-18-8-9-20-34(31)44-35)29-16-6-4-14-27(29)28-15-5-7-17-30(28)39/h1-24H. The van der Waals surface area contributed by atoms with Gasteiger partial charge in [-0.1, -0.05) is 121 Å². The highest BCUT2D eigenvalue weighted by molar-refractivity contribution is 7.99. The van der Waals surface area contributed by atoms with E-state index in [1.807, 2.05) is 60.3 Å². The second-order valence-electron chi connectivity index (χ2n) is 11.0. The monoisotopic (exact) mass is 580 g/mol. The van der Waals surface area contributed by atoms with Crippen molar-refractivity contribution in [3.63, 3.8) is 0 Å². The molecule has 206 valence electrons. The maximum atomic E-state index is 5.04. The summed E-state index contributed by atoms with van der Waals surface area (Å²) >= 11 is 1.83. The molecular weight excluding hydrogens is 557 g/mol. The summed E-state index contributed by atoms with van der Waals surface area (Å²) in [6, 6.07) is 49.1. The molecular formula is C39H24N4S. The molecule has 5 heteroatoms. The van der Waals surface area contributed by atoms with E-state index in [1.165, 1.54) is 43.2 Å². The Morgan fingerprint density at radius 2 is 1.02 bits per heavy atom. The van der Waals surface area contributed by atoms with E-state index in [2.05, 4.69) is 96.0 Å². The molecule has 44 heavy (non-hydrogen) atoms. The highest BCUT2D eigenvalue weighted by Crippen LogP contribution is 2.62. The van der Waals surface area contributed by atoms with Crippen molar-refractivity contribution >= 4 is 11.8 Å². The Bertz CT molecular complexity index is 2110. The van der Waals surface area contributed by atoms with Crippen molar-refractivity contribution < 1.29 is 0 Å². The Balaban J connectivity index is 1.32. The van der Waals surface area contributed by atoms with Gasteiger partial charge in [0.05, 0.1) is 5.41 Å². The molecule has 2 aromatic heterocycles. The van der Waals surface area contributed by atoms with Crippen LogP contribution < -0.4 is 0 Å². The molecule has 0 saturated heterocycles. The molecule has 2 aliphatic rings. The van der Waals surface area contributed by atoms with Gasteiger partial charge in [0.1, 0.15) is 5.69 Å². The zero-order valence-electron chi connectivity index (χ0n) is 23.6. The molecule has 0 amide bonds. The molecule has 1 aliphatic carbocycles. The highest BCUT2D eigenvalue weighted by atomic mass is 32.2. The number of fused-ring (bicyclic) bond motifs is 9. The summed E-state index contributed by atoms with van der Waals surface area (Å²) in [4.78, 5) is 22.0. The molecule has 0 fully saturated rings. The summed E-state index contributed by atoms with van der Waals surface area (Å²) in [5.41, 5.74) is 9.87. The van der Waals surface area contributed by atoms with Gasteiger partial charge >= 0.3 is 0 Å². The third kappa shape index (κ3) is 3.66. The van der Waals surface area contributed by atoms with Gasteiger partial charge in [-0.05, 0) is 63.7 Å². The molecule has 7 aromatic rings. The van der Waals surface area contributed by atoms with Gasteiger partial charge in [0.25, 0.3) is 0 Å². The second-order valence-corrected chi connectivity index (χ2v) is 12.1. The Hall–Kier alpha value is -5.39. The lowest BCUT2D eigenvalue weighted by atomic mass is 9.67. The van der Waals surface area contributed by atoms with Gasteiger partial charge in [0.2, 0.25) is 0 Å². The summed E-state index contributed by atoms with van der Waals surface area (Å²) in [6.07, 6.45) is 1.77. The van der Waals surface area contributed by atoms with Crippen LogP contribution in [0.25, 0.3) is 45.4 Å². The van der Waals surface area contributed by atoms with Crippen molar-refractivity contribution in [1.82, 2.24) is 19.9 Å². The zero-order valence-corrected chi connectivity index (χ0v) is 24.4. The Morgan fingerprint density at radius 1 is 0.432 bits per heavy atom. The number of pyridine rings is 1. The van der Waals surface area contributed by atoms with Crippen molar-refractivity contribution in [3.8, 4) is 45.4 Å². The minimum Gasteiger partial charge on any atom is -0.253 e. The molecule has 5 aromatic carbocycles. The fraction of sp³-hybridized carbons (Fsp3) is 0.0256. The maximum Gasteiger partial charge on any atom is 0.182 e. The number of nitrogens with zero attached hydrogens (tertiary/aromatic N) is 4. The second kappa shape index (κ2) is 9.83. The van der Waals surface area contributed by atoms with Crippen molar-refractivity contribution in [3.05, 3.63) is 168 Å². The Labute approximate surface area is 259 Å². The molecule has 0 N–H and O–H groups in total. The van der Waals surface area contributed by atoms with Crippen LogP contribution in [0, 0.1) is 0 Å². The Morgan fingerprint density at radius 3 is 1.75 bits per heavy atom. The van der Waals surface area contributed by atoms with Crippen LogP contribution in [0.15, 0.2) is 156 Å². The first-order valence-corrected chi connectivity index (χ1v) is 15.5. The SMILES string of the molecule is c1ccc(-c2nc(-c3ccc4c(c3)C3(c5ccccc5S4)c4ccccc4-c4ccccc43)nc(-c3ccccn3)n2)cc1. The van der Waals surface area contributed by atoms with Crippen LogP contribution in [0.5, 0.6) is 0 Å². The molecule has 0 bridgehead atoms. The lowest BCUT2D eigenvalue weighted by Gasteiger charge is -2.39. The average molecular weight is 581 g/mol. The van der Waals surface area contributed by atoms with E-state index >= 15 is 0 Å². The molecule has 4 nitrogen and oxygen atoms in total. The van der Waals surface area contributed by atoms with Crippen LogP contribution in [-0.4, -0.2) is 19.9 Å². The molecule has 0 radical (unpaired) electrons. The Kier molecular flexibility index (Phi) is 5.62. The lowest BCUT2D eigenvalue weighted by molar-refractivity contribution is 0.722. The normalized spacial score (nSPS) is 13.5. The number of hydrogen-bond donors (Lipinski definition) is 0. The largest absolute Gasteiger partial charge is 0.253 e. The van der Waals surface area contributed by atoms with Crippen LogP contribution in [0.3, 0.4) is 0 Å². The van der Waals surface area contributed by atoms with Crippen molar-refractivity contribution in [2.75, 3.05) is 0 Å². The van der Waals surface area contributed by atoms with Crippen molar-refractivity contribution in [2.24, 2.45) is 0 Å². The highest BCUT2D eigenvalue weighted by Gasteiger charge is 2.50. The van der Waals surface area contributed by atoms with E-state index in [4.69, 9.17) is 15.0 Å². The number of aromatic nitrogens is 4. The predicted octanol–water partition coefficient (Wildman–Crippen LogP) is 9.10. The van der Waals surface area contributed by atoms with Gasteiger partial charge < -0.3 is 0 Å². The smallest absolute Gasteiger partial charge is 0.182 e.